The second-order valence-electron chi connectivity index (χ2n) is 6.72. The van der Waals surface area contributed by atoms with Gasteiger partial charge >= 0.3 is 0 Å². The minimum absolute atomic E-state index is 0.195. The molecule has 0 spiro atoms. The van der Waals surface area contributed by atoms with Crippen molar-refractivity contribution in [2.24, 2.45) is 0 Å². The van der Waals surface area contributed by atoms with E-state index in [9.17, 15) is 18.0 Å². The second kappa shape index (κ2) is 7.72. The van der Waals surface area contributed by atoms with Crippen molar-refractivity contribution in [1.82, 2.24) is 19.4 Å². The Bertz CT molecular complexity index is 987. The highest BCUT2D eigenvalue weighted by Gasteiger charge is 2.33. The molecule has 3 rings (SSSR count). The number of hydrogen-bond acceptors (Lipinski definition) is 5. The molecule has 0 unspecified atom stereocenters. The van der Waals surface area contributed by atoms with Crippen LogP contribution in [0.1, 0.15) is 28.7 Å². The molecular weight excluding hydrogens is 382 g/mol. The minimum Gasteiger partial charge on any atom is -0.336 e. The number of anilines is 1. The van der Waals surface area contributed by atoms with E-state index in [1.54, 1.807) is 43.0 Å². The molecule has 2 amide bonds. The van der Waals surface area contributed by atoms with Gasteiger partial charge in [0.1, 0.15) is 4.90 Å². The molecule has 2 aromatic rings. The fourth-order valence-corrected chi connectivity index (χ4v) is 5.05. The number of benzene rings is 1. The number of rotatable bonds is 4. The van der Waals surface area contributed by atoms with Crippen LogP contribution in [-0.2, 0) is 14.8 Å². The number of piperazine rings is 1. The monoisotopic (exact) mass is 405 g/mol. The number of carbonyl (C=O) groups excluding carboxylic acids is 2. The van der Waals surface area contributed by atoms with Gasteiger partial charge < -0.3 is 10.2 Å². The van der Waals surface area contributed by atoms with Crippen LogP contribution in [-0.4, -0.2) is 65.8 Å². The second-order valence-corrected chi connectivity index (χ2v) is 8.60. The van der Waals surface area contributed by atoms with Gasteiger partial charge in [0.05, 0.1) is 11.4 Å². The van der Waals surface area contributed by atoms with Gasteiger partial charge in [-0.25, -0.2) is 8.42 Å². The van der Waals surface area contributed by atoms with Crippen molar-refractivity contribution in [3.8, 4) is 0 Å². The maximum absolute atomic E-state index is 12.9. The summed E-state index contributed by atoms with van der Waals surface area (Å²) in [6.07, 6.45) is 0. The third-order valence-corrected chi connectivity index (χ3v) is 6.78. The summed E-state index contributed by atoms with van der Waals surface area (Å²) < 4.78 is 27.2. The van der Waals surface area contributed by atoms with E-state index in [0.717, 1.165) is 0 Å². The van der Waals surface area contributed by atoms with Crippen LogP contribution in [0.15, 0.2) is 29.2 Å². The number of aromatic amines is 1. The Labute approximate surface area is 163 Å². The van der Waals surface area contributed by atoms with Crippen LogP contribution in [0.5, 0.6) is 0 Å². The van der Waals surface area contributed by atoms with E-state index in [1.807, 2.05) is 0 Å². The average molecular weight is 405 g/mol. The Morgan fingerprint density at radius 3 is 2.39 bits per heavy atom. The van der Waals surface area contributed by atoms with Gasteiger partial charge in [-0.1, -0.05) is 6.07 Å². The standard InChI is InChI=1S/C18H23N5O4S/c1-12-17(13(2)21-20-12)28(26,27)23-9-7-22(8-10-23)18(25)15-5-4-6-16(11-15)19-14(3)24/h4-6,11H,7-10H2,1-3H3,(H,19,24)(H,20,21). The van der Waals surface area contributed by atoms with Crippen LogP contribution in [0.25, 0.3) is 0 Å². The molecular formula is C18H23N5O4S. The molecule has 28 heavy (non-hydrogen) atoms. The summed E-state index contributed by atoms with van der Waals surface area (Å²) in [4.78, 5) is 25.8. The van der Waals surface area contributed by atoms with Crippen molar-refractivity contribution < 1.29 is 18.0 Å². The predicted octanol–water partition coefficient (Wildman–Crippen LogP) is 1.13. The lowest BCUT2D eigenvalue weighted by Crippen LogP contribution is -2.50. The first-order valence-corrected chi connectivity index (χ1v) is 10.3. The largest absolute Gasteiger partial charge is 0.336 e. The molecule has 0 saturated carbocycles. The van der Waals surface area contributed by atoms with Crippen LogP contribution in [0.4, 0.5) is 5.69 Å². The zero-order valence-electron chi connectivity index (χ0n) is 16.0. The van der Waals surface area contributed by atoms with E-state index >= 15 is 0 Å². The van der Waals surface area contributed by atoms with Crippen molar-refractivity contribution in [2.75, 3.05) is 31.5 Å². The number of nitrogens with one attached hydrogen (secondary N) is 2. The zero-order valence-corrected chi connectivity index (χ0v) is 16.8. The maximum Gasteiger partial charge on any atom is 0.254 e. The number of amides is 2. The van der Waals surface area contributed by atoms with E-state index in [-0.39, 0.29) is 29.8 Å². The SMILES string of the molecule is CC(=O)Nc1cccc(C(=O)N2CCN(S(=O)(=O)c3c(C)n[nH]c3C)CC2)c1. The average Bonchev–Trinajstić information content (AvgIpc) is 3.00. The summed E-state index contributed by atoms with van der Waals surface area (Å²) >= 11 is 0. The first kappa shape index (κ1) is 20.0. The molecule has 1 aromatic carbocycles. The molecule has 2 N–H and O–H groups in total. The van der Waals surface area contributed by atoms with Gasteiger partial charge in [0.2, 0.25) is 15.9 Å². The molecule has 1 aliphatic heterocycles. The Kier molecular flexibility index (Phi) is 5.52. The minimum atomic E-state index is -3.66. The molecule has 1 aliphatic rings. The maximum atomic E-state index is 12.9. The fraction of sp³-hybridized carbons (Fsp3) is 0.389. The van der Waals surface area contributed by atoms with Crippen LogP contribution in [0.2, 0.25) is 0 Å². The van der Waals surface area contributed by atoms with Crippen molar-refractivity contribution in [2.45, 2.75) is 25.7 Å². The summed E-state index contributed by atoms with van der Waals surface area (Å²) in [6.45, 7) is 5.73. The topological polar surface area (TPSA) is 115 Å². The van der Waals surface area contributed by atoms with Crippen molar-refractivity contribution in [3.63, 3.8) is 0 Å². The highest BCUT2D eigenvalue weighted by Crippen LogP contribution is 2.23. The van der Waals surface area contributed by atoms with E-state index in [4.69, 9.17) is 0 Å². The van der Waals surface area contributed by atoms with Gasteiger partial charge in [-0.05, 0) is 32.0 Å². The number of aromatic nitrogens is 2. The predicted molar refractivity (Wildman–Crippen MR) is 103 cm³/mol. The summed E-state index contributed by atoms with van der Waals surface area (Å²) in [5.74, 6) is -0.409. The van der Waals surface area contributed by atoms with Gasteiger partial charge in [0.25, 0.3) is 5.91 Å². The Hall–Kier alpha value is -2.72. The smallest absolute Gasteiger partial charge is 0.254 e. The molecule has 0 bridgehead atoms. The molecule has 0 atom stereocenters. The molecule has 1 saturated heterocycles. The molecule has 9 nitrogen and oxygen atoms in total. The number of H-pyrrole nitrogens is 1. The van der Waals surface area contributed by atoms with Crippen molar-refractivity contribution >= 4 is 27.5 Å². The lowest BCUT2D eigenvalue weighted by Gasteiger charge is -2.34. The first-order valence-electron chi connectivity index (χ1n) is 8.89. The van der Waals surface area contributed by atoms with Crippen LogP contribution >= 0.6 is 0 Å². The van der Waals surface area contributed by atoms with E-state index in [0.29, 0.717) is 35.7 Å². The van der Waals surface area contributed by atoms with E-state index in [1.165, 1.54) is 11.2 Å². The van der Waals surface area contributed by atoms with Crippen LogP contribution < -0.4 is 5.32 Å². The Morgan fingerprint density at radius 2 is 1.82 bits per heavy atom. The highest BCUT2D eigenvalue weighted by molar-refractivity contribution is 7.89. The normalized spacial score (nSPS) is 15.5. The molecule has 1 fully saturated rings. The highest BCUT2D eigenvalue weighted by atomic mass is 32.2. The van der Waals surface area contributed by atoms with Gasteiger partial charge in [0, 0.05) is 44.4 Å². The molecule has 0 aliphatic carbocycles. The van der Waals surface area contributed by atoms with E-state index < -0.39 is 10.0 Å². The Morgan fingerprint density at radius 1 is 1.14 bits per heavy atom. The zero-order chi connectivity index (χ0) is 20.5. The third-order valence-electron chi connectivity index (χ3n) is 4.61. The summed E-state index contributed by atoms with van der Waals surface area (Å²) in [6, 6.07) is 6.70. The molecule has 1 aromatic heterocycles. The molecule has 150 valence electrons. The van der Waals surface area contributed by atoms with Crippen LogP contribution in [0, 0.1) is 13.8 Å². The van der Waals surface area contributed by atoms with E-state index in [2.05, 4.69) is 15.5 Å². The third kappa shape index (κ3) is 3.92. The van der Waals surface area contributed by atoms with Gasteiger partial charge in [-0.2, -0.15) is 9.40 Å². The number of aryl methyl sites for hydroxylation is 2. The quantitative estimate of drug-likeness (QED) is 0.791. The summed E-state index contributed by atoms with van der Waals surface area (Å²) in [5, 5.41) is 9.31. The molecule has 0 radical (unpaired) electrons. The van der Waals surface area contributed by atoms with Crippen molar-refractivity contribution in [1.29, 1.82) is 0 Å². The number of nitrogens with zero attached hydrogens (tertiary/aromatic N) is 3. The van der Waals surface area contributed by atoms with Gasteiger partial charge in [0.15, 0.2) is 0 Å². The Balaban J connectivity index is 1.70. The van der Waals surface area contributed by atoms with Crippen LogP contribution in [0.3, 0.4) is 0 Å². The molecule has 2 heterocycles. The first-order chi connectivity index (χ1) is 13.2. The number of hydrogen-bond donors (Lipinski definition) is 2. The number of carbonyl (C=O) groups is 2. The lowest BCUT2D eigenvalue weighted by atomic mass is 10.1. The van der Waals surface area contributed by atoms with Gasteiger partial charge in [-0.15, -0.1) is 0 Å². The summed E-state index contributed by atoms with van der Waals surface area (Å²) in [5.41, 5.74) is 1.94. The summed E-state index contributed by atoms with van der Waals surface area (Å²) in [7, 11) is -3.66. The fourth-order valence-electron chi connectivity index (χ4n) is 3.30. The van der Waals surface area contributed by atoms with Gasteiger partial charge in [-0.3, -0.25) is 14.7 Å². The number of sulfonamides is 1. The molecule has 10 heteroatoms. The lowest BCUT2D eigenvalue weighted by molar-refractivity contribution is -0.114. The van der Waals surface area contributed by atoms with Crippen molar-refractivity contribution in [3.05, 3.63) is 41.2 Å².